The van der Waals surface area contributed by atoms with Crippen molar-refractivity contribution in [3.63, 3.8) is 0 Å². The first kappa shape index (κ1) is 45.4. The predicted molar refractivity (Wildman–Crippen MR) is 233 cm³/mol. The first-order chi connectivity index (χ1) is 27.5. The van der Waals surface area contributed by atoms with Crippen LogP contribution in [0.5, 0.6) is 11.5 Å². The van der Waals surface area contributed by atoms with Gasteiger partial charge in [-0.15, -0.1) is 0 Å². The topological polar surface area (TPSA) is 88.4 Å². The maximum absolute atomic E-state index is 14.5. The molecule has 0 amide bonds. The van der Waals surface area contributed by atoms with E-state index in [1.54, 1.807) is 26.4 Å². The Morgan fingerprint density at radius 1 is 0.759 bits per heavy atom. The Morgan fingerprint density at radius 3 is 1.74 bits per heavy atom. The van der Waals surface area contributed by atoms with E-state index in [2.05, 4.69) is 79.8 Å². The largest absolute Gasteiger partial charge is 0.497 e. The molecule has 5 rings (SSSR count). The highest BCUT2D eigenvalue weighted by Crippen LogP contribution is 2.70. The van der Waals surface area contributed by atoms with Gasteiger partial charge in [-0.1, -0.05) is 87.5 Å². The maximum Gasteiger partial charge on any atom is 0.280 e. The van der Waals surface area contributed by atoms with Gasteiger partial charge in [0.2, 0.25) is 0 Å². The Balaban J connectivity index is 1.72. The Morgan fingerprint density at radius 2 is 1.28 bits per heavy atom. The summed E-state index contributed by atoms with van der Waals surface area (Å²) in [5.74, 6) is 1.11. The third-order valence-corrected chi connectivity index (χ3v) is 20.1. The fourth-order valence-electron chi connectivity index (χ4n) is 7.43. The molecule has 4 aromatic carbocycles. The van der Waals surface area contributed by atoms with Crippen molar-refractivity contribution in [2.75, 3.05) is 27.4 Å². The second-order valence-electron chi connectivity index (χ2n) is 16.9. The van der Waals surface area contributed by atoms with E-state index in [0.29, 0.717) is 0 Å². The van der Waals surface area contributed by atoms with Crippen LogP contribution in [0.1, 0.15) is 83.2 Å². The molecule has 1 aliphatic heterocycles. The molecule has 1 heterocycles. The second-order valence-corrected chi connectivity index (χ2v) is 25.5. The molecule has 312 valence electrons. The van der Waals surface area contributed by atoms with Gasteiger partial charge in [-0.3, -0.25) is 0 Å². The van der Waals surface area contributed by atoms with Crippen LogP contribution in [0.25, 0.3) is 0 Å². The lowest BCUT2D eigenvalue weighted by molar-refractivity contribution is -0.0805. The summed E-state index contributed by atoms with van der Waals surface area (Å²) in [4.78, 5) is 0. The third kappa shape index (κ3) is 9.69. The molecule has 11 heteroatoms. The van der Waals surface area contributed by atoms with Crippen molar-refractivity contribution in [3.8, 4) is 17.6 Å². The summed E-state index contributed by atoms with van der Waals surface area (Å²) in [6.07, 6.45) is -2.29. The quantitative estimate of drug-likeness (QED) is 0.0424. The van der Waals surface area contributed by atoms with Crippen LogP contribution in [0.15, 0.2) is 103 Å². The zero-order valence-corrected chi connectivity index (χ0v) is 37.9. The molecule has 1 fully saturated rings. The number of methoxy groups -OCH3 is 2. The van der Waals surface area contributed by atoms with Gasteiger partial charge in [0.15, 0.2) is 14.4 Å². The molecule has 58 heavy (non-hydrogen) atoms. The van der Waals surface area contributed by atoms with Crippen LogP contribution in [0.2, 0.25) is 18.1 Å². The number of benzene rings is 4. The highest BCUT2D eigenvalue weighted by atomic mass is 31.2. The lowest BCUT2D eigenvalue weighted by Crippen LogP contribution is -2.49. The van der Waals surface area contributed by atoms with Crippen LogP contribution >= 0.6 is 7.72 Å². The SMILES string of the molecule is COc1ccc(C(OC[C@H]2O[C@@H](c3ccc(F)cc3)[C@H](O[Si](C)(C)C(C)(C)C)[C@@H]2O[P+](OCCC#N)(C(C)C)C(C)C)(c2ccccc2)c2ccc(OC)cc2)cc1. The number of hydrogen-bond acceptors (Lipinski definition) is 8. The second kappa shape index (κ2) is 19.2. The van der Waals surface area contributed by atoms with Gasteiger partial charge in [-0.05, 0) is 104 Å². The molecule has 0 aliphatic carbocycles. The minimum Gasteiger partial charge on any atom is -0.497 e. The van der Waals surface area contributed by atoms with E-state index in [-0.39, 0.29) is 41.8 Å². The van der Waals surface area contributed by atoms with Gasteiger partial charge in [0.1, 0.15) is 59.2 Å². The van der Waals surface area contributed by atoms with Crippen LogP contribution in [0, 0.1) is 17.1 Å². The molecule has 1 aliphatic rings. The number of nitrogens with zero attached hydrogens (tertiary/aromatic N) is 1. The molecule has 0 unspecified atom stereocenters. The van der Waals surface area contributed by atoms with Crippen molar-refractivity contribution in [2.24, 2.45) is 0 Å². The van der Waals surface area contributed by atoms with Crippen LogP contribution in [0.4, 0.5) is 4.39 Å². The molecule has 4 atom stereocenters. The van der Waals surface area contributed by atoms with Gasteiger partial charge < -0.3 is 23.4 Å². The van der Waals surface area contributed by atoms with E-state index in [0.717, 1.165) is 33.8 Å². The molecule has 0 aromatic heterocycles. The fraction of sp³-hybridized carbons (Fsp3) is 0.468. The van der Waals surface area contributed by atoms with Gasteiger partial charge in [0.25, 0.3) is 7.72 Å². The number of ether oxygens (including phenoxy) is 4. The van der Waals surface area contributed by atoms with E-state index in [1.807, 2.05) is 66.7 Å². The van der Waals surface area contributed by atoms with Crippen molar-refractivity contribution in [1.82, 2.24) is 0 Å². The fourth-order valence-corrected chi connectivity index (χ4v) is 12.1. The number of hydrogen-bond donors (Lipinski definition) is 0. The van der Waals surface area contributed by atoms with Crippen LogP contribution in [0.3, 0.4) is 0 Å². The summed E-state index contributed by atoms with van der Waals surface area (Å²) in [6.45, 7) is 19.9. The van der Waals surface area contributed by atoms with E-state index in [1.165, 1.54) is 12.1 Å². The van der Waals surface area contributed by atoms with Gasteiger partial charge in [0, 0.05) is 0 Å². The predicted octanol–water partition coefficient (Wildman–Crippen LogP) is 11.7. The van der Waals surface area contributed by atoms with Gasteiger partial charge in [0.05, 0.1) is 33.3 Å². The zero-order valence-electron chi connectivity index (χ0n) is 36.0. The molecular weight excluding hydrogens is 769 g/mol. The summed E-state index contributed by atoms with van der Waals surface area (Å²) in [5, 5.41) is 9.39. The summed E-state index contributed by atoms with van der Waals surface area (Å²) < 4.78 is 62.0. The Hall–Kier alpha value is -3.65. The highest BCUT2D eigenvalue weighted by Gasteiger charge is 2.60. The molecular formula is C47H62FNO7PSi+. The smallest absolute Gasteiger partial charge is 0.280 e. The van der Waals surface area contributed by atoms with E-state index >= 15 is 0 Å². The molecule has 1 saturated heterocycles. The monoisotopic (exact) mass is 830 g/mol. The molecule has 0 saturated carbocycles. The van der Waals surface area contributed by atoms with E-state index in [4.69, 9.17) is 32.4 Å². The minimum atomic E-state index is -2.72. The Bertz CT molecular complexity index is 1870. The normalized spacial score (nSPS) is 19.1. The van der Waals surface area contributed by atoms with Crippen molar-refractivity contribution in [2.45, 2.75) is 114 Å². The van der Waals surface area contributed by atoms with Gasteiger partial charge in [-0.25, -0.2) is 8.91 Å². The Kier molecular flexibility index (Phi) is 15.0. The summed E-state index contributed by atoms with van der Waals surface area (Å²) in [7, 11) is -1.91. The summed E-state index contributed by atoms with van der Waals surface area (Å²) >= 11 is 0. The Labute approximate surface area is 347 Å². The first-order valence-corrected chi connectivity index (χ1v) is 24.9. The summed E-state index contributed by atoms with van der Waals surface area (Å²) in [6, 6.07) is 34.7. The van der Waals surface area contributed by atoms with Crippen LogP contribution in [-0.2, 0) is 28.5 Å². The number of halogens is 1. The van der Waals surface area contributed by atoms with Gasteiger partial charge >= 0.3 is 0 Å². The molecule has 8 nitrogen and oxygen atoms in total. The molecule has 0 spiro atoms. The average Bonchev–Trinajstić information content (AvgIpc) is 3.53. The van der Waals surface area contributed by atoms with E-state index < -0.39 is 46.1 Å². The minimum absolute atomic E-state index is 0.00633. The highest BCUT2D eigenvalue weighted by molar-refractivity contribution is 7.67. The van der Waals surface area contributed by atoms with Crippen LogP contribution < -0.4 is 9.47 Å². The molecule has 0 N–H and O–H groups in total. The zero-order chi connectivity index (χ0) is 42.3. The average molecular weight is 831 g/mol. The lowest BCUT2D eigenvalue weighted by Gasteiger charge is -2.42. The van der Waals surface area contributed by atoms with Crippen molar-refractivity contribution in [3.05, 3.63) is 131 Å². The molecule has 4 aromatic rings. The maximum atomic E-state index is 14.5. The van der Waals surface area contributed by atoms with Crippen LogP contribution in [-0.4, -0.2) is 65.4 Å². The molecule has 0 radical (unpaired) electrons. The number of nitriles is 1. The lowest BCUT2D eigenvalue weighted by atomic mass is 9.80. The van der Waals surface area contributed by atoms with Crippen molar-refractivity contribution >= 4 is 16.0 Å². The standard InChI is InChI=1S/C47H62FNO7PSi/c1-33(2)57(34(3)4,53-31-15-30-49)55-44-42(54-43(35-18-24-39(48)25-19-35)45(44)56-58(10,11)46(5,6)7)32-52-47(36-16-13-12-14-17-36,37-20-26-40(50-8)27-21-37)38-22-28-41(51-9)29-23-38/h12-14,16-29,33-34,42-45H,15,31-32H2,1-11H3/q+1/t42-,43+,44-,45+/m1/s1. The molecule has 0 bridgehead atoms. The summed E-state index contributed by atoms with van der Waals surface area (Å²) in [5.41, 5.74) is 2.33. The number of rotatable bonds is 18. The first-order valence-electron chi connectivity index (χ1n) is 20.2. The van der Waals surface area contributed by atoms with Crippen molar-refractivity contribution in [1.29, 1.82) is 5.26 Å². The third-order valence-electron chi connectivity index (χ3n) is 11.6. The van der Waals surface area contributed by atoms with Gasteiger partial charge in [-0.2, -0.15) is 9.79 Å². The van der Waals surface area contributed by atoms with Crippen molar-refractivity contribution < 1.29 is 36.8 Å². The van der Waals surface area contributed by atoms with E-state index in [9.17, 15) is 9.65 Å².